The topological polar surface area (TPSA) is 78.3 Å². The van der Waals surface area contributed by atoms with Gasteiger partial charge in [0.25, 0.3) is 5.91 Å². The lowest BCUT2D eigenvalue weighted by atomic mass is 10.1. The fourth-order valence-corrected chi connectivity index (χ4v) is 2.73. The van der Waals surface area contributed by atoms with Gasteiger partial charge in [0.15, 0.2) is 17.2 Å². The van der Waals surface area contributed by atoms with Crippen LogP contribution in [-0.4, -0.2) is 34.6 Å². The van der Waals surface area contributed by atoms with Crippen LogP contribution in [0.5, 0.6) is 11.5 Å². The largest absolute Gasteiger partial charge is 0.493 e. The number of nitrogens with zero attached hydrogens (tertiary/aromatic N) is 3. The monoisotopic (exact) mass is 380 g/mol. The van der Waals surface area contributed by atoms with Crippen molar-refractivity contribution in [2.24, 2.45) is 0 Å². The molecule has 0 bridgehead atoms. The normalized spacial score (nSPS) is 10.6. The molecule has 3 rings (SSSR count). The summed E-state index contributed by atoms with van der Waals surface area (Å²) in [6.07, 6.45) is 1.62. The fourth-order valence-electron chi connectivity index (χ4n) is 2.73. The van der Waals surface area contributed by atoms with Crippen LogP contribution in [0, 0.1) is 13.8 Å². The Kier molecular flexibility index (Phi) is 5.93. The lowest BCUT2D eigenvalue weighted by Gasteiger charge is -2.11. The predicted molar refractivity (Wildman–Crippen MR) is 106 cm³/mol. The third-order valence-electron chi connectivity index (χ3n) is 4.46. The van der Waals surface area contributed by atoms with Crippen LogP contribution in [0.25, 0.3) is 5.69 Å². The third kappa shape index (κ3) is 4.31. The summed E-state index contributed by atoms with van der Waals surface area (Å²) >= 11 is 0. The Labute approximate surface area is 164 Å². The zero-order chi connectivity index (χ0) is 20.1. The van der Waals surface area contributed by atoms with Crippen molar-refractivity contribution in [3.05, 3.63) is 65.0 Å². The average molecular weight is 380 g/mol. The van der Waals surface area contributed by atoms with E-state index in [0.29, 0.717) is 24.7 Å². The van der Waals surface area contributed by atoms with Gasteiger partial charge in [-0.3, -0.25) is 4.79 Å². The molecule has 0 fully saturated rings. The first kappa shape index (κ1) is 19.4. The molecule has 7 nitrogen and oxygen atoms in total. The molecular formula is C21H24N4O3. The van der Waals surface area contributed by atoms with E-state index >= 15 is 0 Å². The van der Waals surface area contributed by atoms with Gasteiger partial charge in [-0.1, -0.05) is 17.3 Å². The van der Waals surface area contributed by atoms with Crippen molar-refractivity contribution < 1.29 is 14.3 Å². The van der Waals surface area contributed by atoms with Crippen molar-refractivity contribution in [2.75, 3.05) is 13.7 Å². The molecule has 0 aliphatic heterocycles. The fraction of sp³-hybridized carbons (Fsp3) is 0.286. The van der Waals surface area contributed by atoms with E-state index in [2.05, 4.69) is 22.6 Å². The lowest BCUT2D eigenvalue weighted by molar-refractivity contribution is 0.0945. The van der Waals surface area contributed by atoms with E-state index in [9.17, 15) is 4.79 Å². The highest BCUT2D eigenvalue weighted by Gasteiger charge is 2.12. The van der Waals surface area contributed by atoms with Crippen LogP contribution in [0.15, 0.2) is 42.6 Å². The molecular weight excluding hydrogens is 356 g/mol. The van der Waals surface area contributed by atoms with Gasteiger partial charge >= 0.3 is 0 Å². The molecule has 0 saturated carbocycles. The second-order valence-electron chi connectivity index (χ2n) is 6.42. The van der Waals surface area contributed by atoms with E-state index in [4.69, 9.17) is 9.47 Å². The highest BCUT2D eigenvalue weighted by molar-refractivity contribution is 5.91. The molecule has 1 amide bonds. The number of nitrogens with one attached hydrogen (secondary N) is 1. The average Bonchev–Trinajstić information content (AvgIpc) is 3.19. The van der Waals surface area contributed by atoms with Gasteiger partial charge in [-0.15, -0.1) is 5.10 Å². The Morgan fingerprint density at radius 3 is 2.64 bits per heavy atom. The van der Waals surface area contributed by atoms with E-state index in [-0.39, 0.29) is 11.6 Å². The van der Waals surface area contributed by atoms with Crippen molar-refractivity contribution in [3.63, 3.8) is 0 Å². The van der Waals surface area contributed by atoms with Crippen molar-refractivity contribution in [2.45, 2.75) is 27.3 Å². The number of aromatic nitrogens is 3. The number of ether oxygens (including phenoxy) is 2. The summed E-state index contributed by atoms with van der Waals surface area (Å²) in [7, 11) is 1.60. The minimum absolute atomic E-state index is 0.261. The summed E-state index contributed by atoms with van der Waals surface area (Å²) in [4.78, 5) is 12.4. The van der Waals surface area contributed by atoms with Gasteiger partial charge in [0.05, 0.1) is 25.6 Å². The minimum Gasteiger partial charge on any atom is -0.493 e. The number of hydrogen-bond acceptors (Lipinski definition) is 5. The SMILES string of the molecule is CCOc1cc(CNC(=O)c2cn(-c3ccc(C)c(C)c3)nn2)ccc1OC. The van der Waals surface area contributed by atoms with Crippen molar-refractivity contribution >= 4 is 5.91 Å². The molecule has 146 valence electrons. The second-order valence-corrected chi connectivity index (χ2v) is 6.42. The molecule has 1 N–H and O–H groups in total. The number of methoxy groups -OCH3 is 1. The van der Waals surface area contributed by atoms with Crippen molar-refractivity contribution in [1.29, 1.82) is 0 Å². The Morgan fingerprint density at radius 2 is 1.93 bits per heavy atom. The zero-order valence-corrected chi connectivity index (χ0v) is 16.5. The zero-order valence-electron chi connectivity index (χ0n) is 16.5. The summed E-state index contributed by atoms with van der Waals surface area (Å²) < 4.78 is 12.4. The first-order valence-electron chi connectivity index (χ1n) is 9.09. The maximum absolute atomic E-state index is 12.4. The maximum atomic E-state index is 12.4. The van der Waals surface area contributed by atoms with Crippen LogP contribution in [0.4, 0.5) is 0 Å². The van der Waals surface area contributed by atoms with Gasteiger partial charge in [-0.05, 0) is 61.7 Å². The van der Waals surface area contributed by atoms with Crippen LogP contribution >= 0.6 is 0 Å². The number of carbonyl (C=O) groups is 1. The van der Waals surface area contributed by atoms with Gasteiger partial charge in [-0.2, -0.15) is 0 Å². The summed E-state index contributed by atoms with van der Waals surface area (Å²) in [5.74, 6) is 1.02. The Morgan fingerprint density at radius 1 is 1.11 bits per heavy atom. The minimum atomic E-state index is -0.288. The Hall–Kier alpha value is -3.35. The number of aryl methyl sites for hydroxylation is 2. The number of carbonyl (C=O) groups excluding carboxylic acids is 1. The molecule has 2 aromatic carbocycles. The molecule has 28 heavy (non-hydrogen) atoms. The smallest absolute Gasteiger partial charge is 0.273 e. The predicted octanol–water partition coefficient (Wildman–Crippen LogP) is 3.22. The molecule has 0 aliphatic carbocycles. The highest BCUT2D eigenvalue weighted by Crippen LogP contribution is 2.28. The van der Waals surface area contributed by atoms with E-state index in [1.807, 2.05) is 50.2 Å². The van der Waals surface area contributed by atoms with E-state index in [0.717, 1.165) is 16.8 Å². The highest BCUT2D eigenvalue weighted by atomic mass is 16.5. The van der Waals surface area contributed by atoms with Crippen molar-refractivity contribution in [1.82, 2.24) is 20.3 Å². The summed E-state index contributed by atoms with van der Waals surface area (Å²) in [5.41, 5.74) is 4.39. The molecule has 1 heterocycles. The van der Waals surface area contributed by atoms with Crippen LogP contribution in [0.2, 0.25) is 0 Å². The van der Waals surface area contributed by atoms with Gasteiger partial charge in [-0.25, -0.2) is 4.68 Å². The molecule has 7 heteroatoms. The van der Waals surface area contributed by atoms with Gasteiger partial charge in [0.2, 0.25) is 0 Å². The lowest BCUT2D eigenvalue weighted by Crippen LogP contribution is -2.23. The molecule has 0 radical (unpaired) electrons. The second kappa shape index (κ2) is 8.56. The van der Waals surface area contributed by atoms with E-state index in [1.54, 1.807) is 18.0 Å². The quantitative estimate of drug-likeness (QED) is 0.681. The molecule has 1 aromatic heterocycles. The summed E-state index contributed by atoms with van der Waals surface area (Å²) in [6.45, 7) is 6.88. The van der Waals surface area contributed by atoms with Crippen LogP contribution in [0.1, 0.15) is 34.1 Å². The Balaban J connectivity index is 1.68. The molecule has 0 aliphatic rings. The number of amides is 1. The maximum Gasteiger partial charge on any atom is 0.273 e. The standard InChI is InChI=1S/C21H24N4O3/c1-5-28-20-11-16(7-9-19(20)27-4)12-22-21(26)18-13-25(24-23-18)17-8-6-14(2)15(3)10-17/h6-11,13H,5,12H2,1-4H3,(H,22,26). The number of hydrogen-bond donors (Lipinski definition) is 1. The van der Waals surface area contributed by atoms with Gasteiger partial charge in [0.1, 0.15) is 0 Å². The van der Waals surface area contributed by atoms with E-state index in [1.165, 1.54) is 5.56 Å². The first-order valence-corrected chi connectivity index (χ1v) is 9.09. The first-order chi connectivity index (χ1) is 13.5. The van der Waals surface area contributed by atoms with E-state index < -0.39 is 0 Å². The Bertz CT molecular complexity index is 982. The van der Waals surface area contributed by atoms with Crippen LogP contribution in [0.3, 0.4) is 0 Å². The number of rotatable bonds is 7. The molecule has 0 spiro atoms. The third-order valence-corrected chi connectivity index (χ3v) is 4.46. The van der Waals surface area contributed by atoms with Crippen molar-refractivity contribution in [3.8, 4) is 17.2 Å². The molecule has 0 atom stereocenters. The van der Waals surface area contributed by atoms with Crippen LogP contribution < -0.4 is 14.8 Å². The van der Waals surface area contributed by atoms with Gasteiger partial charge in [0, 0.05) is 6.54 Å². The summed E-state index contributed by atoms with van der Waals surface area (Å²) in [5, 5.41) is 10.9. The summed E-state index contributed by atoms with van der Waals surface area (Å²) in [6, 6.07) is 11.5. The number of benzene rings is 2. The van der Waals surface area contributed by atoms with Gasteiger partial charge < -0.3 is 14.8 Å². The molecule has 0 saturated heterocycles. The molecule has 3 aromatic rings. The molecule has 0 unspecified atom stereocenters. The van der Waals surface area contributed by atoms with Crippen LogP contribution in [-0.2, 0) is 6.54 Å².